The highest BCUT2D eigenvalue weighted by Crippen LogP contribution is 2.33. The third-order valence-electron chi connectivity index (χ3n) is 7.19. The molecule has 0 bridgehead atoms. The van der Waals surface area contributed by atoms with Gasteiger partial charge in [0.2, 0.25) is 10.0 Å². The van der Waals surface area contributed by atoms with Crippen LogP contribution in [0.3, 0.4) is 0 Å². The maximum atomic E-state index is 14.1. The van der Waals surface area contributed by atoms with Crippen molar-refractivity contribution in [2.24, 2.45) is 0 Å². The van der Waals surface area contributed by atoms with Crippen LogP contribution in [-0.2, 0) is 34.1 Å². The SMILES string of the molecule is CCCNS(=O)(=O)c1ccc2c(c1)C[C@@H](N(Cc1cc(Cl)ccc1OCCOC)C(=O)c1cc3ccccc3o1)C2. The van der Waals surface area contributed by atoms with Crippen LogP contribution < -0.4 is 9.46 Å². The number of ether oxygens (including phenoxy) is 2. The van der Waals surface area contributed by atoms with Crippen molar-refractivity contribution in [1.29, 1.82) is 0 Å². The number of rotatable bonds is 12. The molecule has 1 aliphatic rings. The van der Waals surface area contributed by atoms with E-state index in [9.17, 15) is 13.2 Å². The highest BCUT2D eigenvalue weighted by Gasteiger charge is 2.33. The van der Waals surface area contributed by atoms with Crippen molar-refractivity contribution in [3.05, 3.63) is 94.2 Å². The molecule has 5 rings (SSSR count). The van der Waals surface area contributed by atoms with E-state index in [1.165, 1.54) is 0 Å². The number of para-hydroxylation sites is 1. The lowest BCUT2D eigenvalue weighted by molar-refractivity contribution is 0.0634. The highest BCUT2D eigenvalue weighted by molar-refractivity contribution is 7.89. The lowest BCUT2D eigenvalue weighted by Gasteiger charge is -2.29. The number of hydrogen-bond acceptors (Lipinski definition) is 6. The molecule has 0 saturated heterocycles. The Balaban J connectivity index is 1.48. The van der Waals surface area contributed by atoms with Crippen LogP contribution in [0.4, 0.5) is 0 Å². The number of carbonyl (C=O) groups excluding carboxylic acids is 1. The molecule has 0 saturated carbocycles. The van der Waals surface area contributed by atoms with E-state index in [1.54, 1.807) is 48.4 Å². The molecule has 0 fully saturated rings. The number of fused-ring (bicyclic) bond motifs is 2. The topological polar surface area (TPSA) is 98.1 Å². The number of amides is 1. The Morgan fingerprint density at radius 2 is 1.85 bits per heavy atom. The second-order valence-corrected chi connectivity index (χ2v) is 12.3. The molecule has 1 N–H and O–H groups in total. The third kappa shape index (κ3) is 6.59. The van der Waals surface area contributed by atoms with Crippen LogP contribution in [0, 0.1) is 0 Å². The van der Waals surface area contributed by atoms with Crippen LogP contribution in [0.2, 0.25) is 5.02 Å². The van der Waals surface area contributed by atoms with Crippen LogP contribution >= 0.6 is 11.6 Å². The summed E-state index contributed by atoms with van der Waals surface area (Å²) in [5, 5.41) is 1.37. The number of halogens is 1. The fourth-order valence-corrected chi connectivity index (χ4v) is 6.48. The van der Waals surface area contributed by atoms with E-state index in [2.05, 4.69) is 4.72 Å². The van der Waals surface area contributed by atoms with E-state index in [0.29, 0.717) is 55.4 Å². The first-order valence-corrected chi connectivity index (χ1v) is 15.5. The number of hydrogen-bond donors (Lipinski definition) is 1. The van der Waals surface area contributed by atoms with Gasteiger partial charge >= 0.3 is 0 Å². The van der Waals surface area contributed by atoms with Crippen molar-refractivity contribution >= 4 is 38.5 Å². The number of methoxy groups -OCH3 is 1. The molecule has 1 aliphatic carbocycles. The largest absolute Gasteiger partial charge is 0.491 e. The Morgan fingerprint density at radius 3 is 2.63 bits per heavy atom. The van der Waals surface area contributed by atoms with Gasteiger partial charge in [0.25, 0.3) is 5.91 Å². The van der Waals surface area contributed by atoms with E-state index in [4.69, 9.17) is 25.5 Å². The molecule has 1 amide bonds. The Morgan fingerprint density at radius 1 is 1.05 bits per heavy atom. The Bertz CT molecular complexity index is 1620. The van der Waals surface area contributed by atoms with Gasteiger partial charge in [-0.2, -0.15) is 0 Å². The Hall–Kier alpha value is -3.37. The van der Waals surface area contributed by atoms with E-state index < -0.39 is 10.0 Å². The van der Waals surface area contributed by atoms with Crippen LogP contribution in [0.25, 0.3) is 11.0 Å². The lowest BCUT2D eigenvalue weighted by Crippen LogP contribution is -2.40. The normalized spacial score (nSPS) is 14.8. The van der Waals surface area contributed by atoms with Gasteiger partial charge in [-0.1, -0.05) is 42.8 Å². The van der Waals surface area contributed by atoms with Crippen molar-refractivity contribution < 1.29 is 27.1 Å². The van der Waals surface area contributed by atoms with Crippen molar-refractivity contribution in [2.45, 2.75) is 43.7 Å². The lowest BCUT2D eigenvalue weighted by atomic mass is 10.1. The first kappa shape index (κ1) is 29.1. The molecule has 216 valence electrons. The van der Waals surface area contributed by atoms with Gasteiger partial charge in [0.15, 0.2) is 5.76 Å². The number of carbonyl (C=O) groups is 1. The van der Waals surface area contributed by atoms with Crippen molar-refractivity contribution in [2.75, 3.05) is 26.9 Å². The van der Waals surface area contributed by atoms with E-state index in [-0.39, 0.29) is 29.1 Å². The maximum Gasteiger partial charge on any atom is 0.290 e. The zero-order chi connectivity index (χ0) is 29.0. The molecule has 1 aromatic heterocycles. The van der Waals surface area contributed by atoms with Crippen LogP contribution in [0.15, 0.2) is 76.0 Å². The molecule has 1 atom stereocenters. The molecule has 8 nitrogen and oxygen atoms in total. The first-order chi connectivity index (χ1) is 19.8. The fraction of sp³-hybridized carbons (Fsp3) is 0.323. The summed E-state index contributed by atoms with van der Waals surface area (Å²) in [6.45, 7) is 3.27. The van der Waals surface area contributed by atoms with Gasteiger partial charge in [0, 0.05) is 35.7 Å². The Labute approximate surface area is 245 Å². The van der Waals surface area contributed by atoms with E-state index >= 15 is 0 Å². The summed E-state index contributed by atoms with van der Waals surface area (Å²) in [6.07, 6.45) is 1.77. The molecule has 41 heavy (non-hydrogen) atoms. The monoisotopic (exact) mass is 596 g/mol. The van der Waals surface area contributed by atoms with Gasteiger partial charge in [0.1, 0.15) is 17.9 Å². The highest BCUT2D eigenvalue weighted by atomic mass is 35.5. The molecule has 10 heteroatoms. The average molecular weight is 597 g/mol. The van der Waals surface area contributed by atoms with Crippen molar-refractivity contribution in [3.63, 3.8) is 0 Å². The number of sulfonamides is 1. The summed E-state index contributed by atoms with van der Waals surface area (Å²) >= 11 is 6.38. The molecule has 0 aliphatic heterocycles. The predicted molar refractivity (Wildman–Crippen MR) is 158 cm³/mol. The van der Waals surface area contributed by atoms with Gasteiger partial charge in [-0.25, -0.2) is 13.1 Å². The molecule has 0 unspecified atom stereocenters. The summed E-state index contributed by atoms with van der Waals surface area (Å²) in [4.78, 5) is 16.1. The molecule has 0 spiro atoms. The van der Waals surface area contributed by atoms with Crippen LogP contribution in [-0.4, -0.2) is 52.1 Å². The van der Waals surface area contributed by atoms with Crippen molar-refractivity contribution in [1.82, 2.24) is 9.62 Å². The average Bonchev–Trinajstić information content (AvgIpc) is 3.59. The second kappa shape index (κ2) is 12.7. The predicted octanol–water partition coefficient (Wildman–Crippen LogP) is 5.61. The zero-order valence-corrected chi connectivity index (χ0v) is 24.6. The van der Waals surface area contributed by atoms with Gasteiger partial charge in [-0.3, -0.25) is 4.79 Å². The smallest absolute Gasteiger partial charge is 0.290 e. The maximum absolute atomic E-state index is 14.1. The quantitative estimate of drug-likeness (QED) is 0.214. The van der Waals surface area contributed by atoms with Gasteiger partial charge < -0.3 is 18.8 Å². The number of furan rings is 1. The second-order valence-electron chi connectivity index (χ2n) is 10.1. The Kier molecular flexibility index (Phi) is 8.99. The minimum Gasteiger partial charge on any atom is -0.491 e. The molecule has 0 radical (unpaired) electrons. The number of benzene rings is 3. The van der Waals surface area contributed by atoms with E-state index in [0.717, 1.165) is 22.1 Å². The molecular formula is C31H33ClN2O6S. The summed E-state index contributed by atoms with van der Waals surface area (Å²) in [6, 6.07) is 19.5. The van der Waals surface area contributed by atoms with Gasteiger partial charge in [0.05, 0.1) is 18.0 Å². The van der Waals surface area contributed by atoms with Gasteiger partial charge in [-0.15, -0.1) is 0 Å². The van der Waals surface area contributed by atoms with E-state index in [1.807, 2.05) is 37.3 Å². The number of nitrogens with one attached hydrogen (secondary N) is 1. The summed E-state index contributed by atoms with van der Waals surface area (Å²) in [5.41, 5.74) is 3.29. The minimum absolute atomic E-state index is 0.223. The first-order valence-electron chi connectivity index (χ1n) is 13.6. The fourth-order valence-electron chi connectivity index (χ4n) is 5.11. The van der Waals surface area contributed by atoms with Crippen LogP contribution in [0.1, 0.15) is 40.6 Å². The third-order valence-corrected chi connectivity index (χ3v) is 8.88. The van der Waals surface area contributed by atoms with Crippen molar-refractivity contribution in [3.8, 4) is 5.75 Å². The summed E-state index contributed by atoms with van der Waals surface area (Å²) in [7, 11) is -2.01. The van der Waals surface area contributed by atoms with Crippen LogP contribution in [0.5, 0.6) is 5.75 Å². The standard InChI is InChI=1S/C31H33ClN2O6S/c1-3-12-33-41(36,37)27-10-8-21-16-26(17-23(21)18-27)34(31(35)30-19-22-6-4-5-7-29(22)40-30)20-24-15-25(32)9-11-28(24)39-14-13-38-2/h4-11,15,18-19,26,33H,3,12-14,16-17,20H2,1-2H3/t26-/m0/s1. The number of nitrogens with zero attached hydrogens (tertiary/aromatic N) is 1. The zero-order valence-electron chi connectivity index (χ0n) is 23.1. The molecular weight excluding hydrogens is 564 g/mol. The molecule has 1 heterocycles. The molecule has 4 aromatic rings. The minimum atomic E-state index is -3.61. The molecule has 3 aromatic carbocycles. The summed E-state index contributed by atoms with van der Waals surface area (Å²) in [5.74, 6) is 0.581. The van der Waals surface area contributed by atoms with Gasteiger partial charge in [-0.05, 0) is 72.9 Å². The summed E-state index contributed by atoms with van der Waals surface area (Å²) < 4.78 is 45.2.